The Hall–Kier alpha value is -2.72. The van der Waals surface area contributed by atoms with E-state index in [1.165, 1.54) is 12.1 Å². The fraction of sp³-hybridized carbons (Fsp3) is 0.450. The van der Waals surface area contributed by atoms with Crippen LogP contribution in [-0.2, 0) is 14.8 Å². The zero-order chi connectivity index (χ0) is 21.7. The molecule has 1 aliphatic carbocycles. The molecule has 0 radical (unpaired) electrons. The lowest BCUT2D eigenvalue weighted by molar-refractivity contribution is -0.133. The van der Waals surface area contributed by atoms with Crippen LogP contribution >= 0.6 is 0 Å². The lowest BCUT2D eigenvalue weighted by Gasteiger charge is -2.40. The fourth-order valence-electron chi connectivity index (χ4n) is 3.91. The van der Waals surface area contributed by atoms with E-state index in [0.29, 0.717) is 17.3 Å². The quantitative estimate of drug-likeness (QED) is 0.761. The number of benzene rings is 1. The summed E-state index contributed by atoms with van der Waals surface area (Å²) in [4.78, 5) is 23.7. The van der Waals surface area contributed by atoms with E-state index in [1.54, 1.807) is 31.0 Å². The third-order valence-electron chi connectivity index (χ3n) is 5.54. The molecule has 1 saturated carbocycles. The summed E-state index contributed by atoms with van der Waals surface area (Å²) in [5.74, 6) is 0.998. The number of fused-ring (bicyclic) bond motifs is 1. The molecule has 2 heterocycles. The number of amides is 1. The van der Waals surface area contributed by atoms with Crippen LogP contribution in [0.2, 0.25) is 0 Å². The van der Waals surface area contributed by atoms with Gasteiger partial charge in [-0.1, -0.05) is 18.9 Å². The van der Waals surface area contributed by atoms with Gasteiger partial charge in [0.25, 0.3) is 5.91 Å². The molecule has 4 rings (SSSR count). The summed E-state index contributed by atoms with van der Waals surface area (Å²) in [5, 5.41) is 8.29. The molecule has 0 spiro atoms. The number of anilines is 3. The molecule has 10 heteroatoms. The molecule has 2 aromatic rings. The maximum atomic E-state index is 13.1. The number of nitrogens with two attached hydrogens (primary N) is 1. The molecule has 1 fully saturated rings. The van der Waals surface area contributed by atoms with Crippen molar-refractivity contribution in [1.82, 2.24) is 9.97 Å². The first-order valence-electron chi connectivity index (χ1n) is 9.86. The van der Waals surface area contributed by atoms with Crippen LogP contribution in [0.25, 0.3) is 0 Å². The number of primary sulfonamides is 1. The third kappa shape index (κ3) is 3.72. The van der Waals surface area contributed by atoms with Gasteiger partial charge in [0.2, 0.25) is 16.0 Å². The van der Waals surface area contributed by atoms with Gasteiger partial charge in [0.1, 0.15) is 0 Å². The van der Waals surface area contributed by atoms with Gasteiger partial charge < -0.3 is 10.1 Å². The van der Waals surface area contributed by atoms with Crippen LogP contribution in [0.5, 0.6) is 5.75 Å². The molecule has 160 valence electrons. The first-order valence-corrected chi connectivity index (χ1v) is 11.4. The number of carbonyl (C=O) groups excluding carboxylic acids is 1. The van der Waals surface area contributed by atoms with Crippen molar-refractivity contribution in [3.63, 3.8) is 0 Å². The molecular weight excluding hydrogens is 406 g/mol. The average molecular weight is 432 g/mol. The topological polar surface area (TPSA) is 128 Å². The normalized spacial score (nSPS) is 18.8. The van der Waals surface area contributed by atoms with E-state index in [-0.39, 0.29) is 22.8 Å². The van der Waals surface area contributed by atoms with Gasteiger partial charge in [-0.15, -0.1) is 0 Å². The summed E-state index contributed by atoms with van der Waals surface area (Å²) in [5.41, 5.74) is 0.316. The highest BCUT2D eigenvalue weighted by molar-refractivity contribution is 7.89. The van der Waals surface area contributed by atoms with Crippen molar-refractivity contribution in [2.24, 2.45) is 5.14 Å². The number of sulfonamides is 1. The second kappa shape index (κ2) is 7.21. The summed E-state index contributed by atoms with van der Waals surface area (Å²) in [6.07, 6.45) is 5.52. The number of nitrogens with zero attached hydrogens (tertiary/aromatic N) is 3. The molecule has 2 aliphatic rings. The number of ether oxygens (including phenoxy) is 1. The van der Waals surface area contributed by atoms with Crippen LogP contribution in [0.1, 0.15) is 45.1 Å². The summed E-state index contributed by atoms with van der Waals surface area (Å²) in [6, 6.07) is 4.61. The molecule has 1 aromatic heterocycles. The molecule has 0 bridgehead atoms. The van der Waals surface area contributed by atoms with Crippen LogP contribution in [0, 0.1) is 6.92 Å². The lowest BCUT2D eigenvalue weighted by Crippen LogP contribution is -2.55. The van der Waals surface area contributed by atoms with Crippen molar-refractivity contribution in [1.29, 1.82) is 0 Å². The molecule has 30 heavy (non-hydrogen) atoms. The SMILES string of the molecule is Cc1ccc(S(N)(=O)=O)cc1Nc1ncc2c(n1)N(C1CCCC1)C(=O)C(C)(C)O2. The Morgan fingerprint density at radius 3 is 2.63 bits per heavy atom. The van der Waals surface area contributed by atoms with Gasteiger partial charge in [0, 0.05) is 11.7 Å². The monoisotopic (exact) mass is 431 g/mol. The number of rotatable bonds is 4. The highest BCUT2D eigenvalue weighted by Gasteiger charge is 2.45. The Kier molecular flexibility index (Phi) is 4.94. The molecule has 0 atom stereocenters. The van der Waals surface area contributed by atoms with E-state index in [4.69, 9.17) is 9.88 Å². The molecule has 0 saturated heterocycles. The van der Waals surface area contributed by atoms with Gasteiger partial charge in [-0.05, 0) is 51.3 Å². The Balaban J connectivity index is 1.73. The van der Waals surface area contributed by atoms with Gasteiger partial charge in [0.05, 0.1) is 11.1 Å². The summed E-state index contributed by atoms with van der Waals surface area (Å²) < 4.78 is 29.2. The predicted octanol–water partition coefficient (Wildman–Crippen LogP) is 2.62. The Labute approximate surface area is 175 Å². The van der Waals surface area contributed by atoms with Gasteiger partial charge in [-0.25, -0.2) is 18.5 Å². The van der Waals surface area contributed by atoms with Crippen molar-refractivity contribution >= 4 is 33.4 Å². The number of nitrogens with one attached hydrogen (secondary N) is 1. The highest BCUT2D eigenvalue weighted by atomic mass is 32.2. The molecule has 0 unspecified atom stereocenters. The van der Waals surface area contributed by atoms with Crippen LogP contribution in [-0.4, -0.2) is 35.9 Å². The molecule has 9 nitrogen and oxygen atoms in total. The summed E-state index contributed by atoms with van der Waals surface area (Å²) in [7, 11) is -3.84. The largest absolute Gasteiger partial charge is 0.472 e. The van der Waals surface area contributed by atoms with Crippen LogP contribution in [0.3, 0.4) is 0 Å². The van der Waals surface area contributed by atoms with E-state index in [1.807, 2.05) is 6.92 Å². The van der Waals surface area contributed by atoms with Gasteiger partial charge in [-0.3, -0.25) is 9.69 Å². The van der Waals surface area contributed by atoms with E-state index in [0.717, 1.165) is 31.2 Å². The zero-order valence-corrected chi connectivity index (χ0v) is 18.0. The van der Waals surface area contributed by atoms with Crippen molar-refractivity contribution < 1.29 is 17.9 Å². The van der Waals surface area contributed by atoms with E-state index in [2.05, 4.69) is 15.3 Å². The Morgan fingerprint density at radius 2 is 1.97 bits per heavy atom. The van der Waals surface area contributed by atoms with Crippen LogP contribution in [0.15, 0.2) is 29.3 Å². The van der Waals surface area contributed by atoms with Crippen molar-refractivity contribution in [2.45, 2.75) is 63.0 Å². The maximum Gasteiger partial charge on any atom is 0.272 e. The number of carbonyl (C=O) groups is 1. The molecular formula is C20H25N5O4S. The molecule has 3 N–H and O–H groups in total. The first-order chi connectivity index (χ1) is 14.1. The van der Waals surface area contributed by atoms with E-state index < -0.39 is 15.6 Å². The fourth-order valence-corrected chi connectivity index (χ4v) is 4.45. The lowest BCUT2D eigenvalue weighted by atomic mass is 10.0. The van der Waals surface area contributed by atoms with E-state index >= 15 is 0 Å². The van der Waals surface area contributed by atoms with E-state index in [9.17, 15) is 13.2 Å². The maximum absolute atomic E-state index is 13.1. The van der Waals surface area contributed by atoms with Gasteiger partial charge in [0.15, 0.2) is 17.2 Å². The first kappa shape index (κ1) is 20.5. The van der Waals surface area contributed by atoms with Crippen LogP contribution < -0.4 is 20.1 Å². The second-order valence-corrected chi connectivity index (χ2v) is 9.82. The highest BCUT2D eigenvalue weighted by Crippen LogP contribution is 2.40. The second-order valence-electron chi connectivity index (χ2n) is 8.25. The average Bonchev–Trinajstić information content (AvgIpc) is 3.18. The molecule has 1 aliphatic heterocycles. The van der Waals surface area contributed by atoms with Crippen molar-refractivity contribution in [3.8, 4) is 5.75 Å². The Bertz CT molecular complexity index is 1110. The number of aromatic nitrogens is 2. The van der Waals surface area contributed by atoms with Gasteiger partial charge in [-0.2, -0.15) is 4.98 Å². The smallest absolute Gasteiger partial charge is 0.272 e. The van der Waals surface area contributed by atoms with Crippen molar-refractivity contribution in [2.75, 3.05) is 10.2 Å². The Morgan fingerprint density at radius 1 is 1.27 bits per heavy atom. The summed E-state index contributed by atoms with van der Waals surface area (Å²) >= 11 is 0. The van der Waals surface area contributed by atoms with Gasteiger partial charge >= 0.3 is 0 Å². The molecule has 1 amide bonds. The number of hydrogen-bond acceptors (Lipinski definition) is 7. The van der Waals surface area contributed by atoms with Crippen LogP contribution in [0.4, 0.5) is 17.5 Å². The third-order valence-corrected chi connectivity index (χ3v) is 6.45. The summed E-state index contributed by atoms with van der Waals surface area (Å²) in [6.45, 7) is 5.32. The molecule has 1 aromatic carbocycles. The zero-order valence-electron chi connectivity index (χ0n) is 17.2. The predicted molar refractivity (Wildman–Crippen MR) is 112 cm³/mol. The minimum absolute atomic E-state index is 0.0126. The van der Waals surface area contributed by atoms with Crippen molar-refractivity contribution in [3.05, 3.63) is 30.0 Å². The number of aryl methyl sites for hydroxylation is 1. The minimum atomic E-state index is -3.84. The minimum Gasteiger partial charge on any atom is -0.472 e. The number of hydrogen-bond donors (Lipinski definition) is 2. The standard InChI is InChI=1S/C20H25N5O4S/c1-12-8-9-14(30(21,27)28)10-15(12)23-19-22-11-16-17(24-19)25(13-6-4-5-7-13)18(26)20(2,3)29-16/h8-11,13H,4-7H2,1-3H3,(H2,21,27,28)(H,22,23,24).